The number of hydrogen-bond donors (Lipinski definition) is 1. The molecule has 4 nitrogen and oxygen atoms in total. The van der Waals surface area contributed by atoms with Gasteiger partial charge in [-0.2, -0.15) is 0 Å². The Bertz CT molecular complexity index is 764. The van der Waals surface area contributed by atoms with Crippen LogP contribution in [0.3, 0.4) is 0 Å². The first-order valence-corrected chi connectivity index (χ1v) is 6.77. The Morgan fingerprint density at radius 3 is 2.84 bits per heavy atom. The van der Waals surface area contributed by atoms with Gasteiger partial charge in [0.05, 0.1) is 22.4 Å². The number of nitrogens with one attached hydrogen (secondary N) is 1. The largest absolute Gasteiger partial charge is 0.348 e. The van der Waals surface area contributed by atoms with Gasteiger partial charge in [-0.1, -0.05) is 41.2 Å². The van der Waals surface area contributed by atoms with Gasteiger partial charge in [0.2, 0.25) is 0 Å². The van der Waals surface area contributed by atoms with Crippen LogP contribution in [0.5, 0.6) is 0 Å². The van der Waals surface area contributed by atoms with Crippen molar-refractivity contribution in [3.63, 3.8) is 0 Å². The van der Waals surface area contributed by atoms with Crippen LogP contribution in [0.1, 0.15) is 0 Å². The van der Waals surface area contributed by atoms with Crippen molar-refractivity contribution in [3.05, 3.63) is 53.6 Å². The molecule has 0 atom stereocenters. The standard InChI is InChI=1S/C14H10N4S/c1-3-7-12-10(5-1)16-17-18(12)9-14-15-11-6-2-4-8-13(11)19-14/h1-9,15H. The van der Waals surface area contributed by atoms with Crippen LogP contribution in [0.15, 0.2) is 58.5 Å². The number of anilines is 1. The molecular formula is C14H10N4S. The van der Waals surface area contributed by atoms with Gasteiger partial charge in [0, 0.05) is 4.90 Å². The lowest BCUT2D eigenvalue weighted by atomic mass is 10.3. The van der Waals surface area contributed by atoms with Gasteiger partial charge in [0.25, 0.3) is 0 Å². The molecule has 0 fully saturated rings. The number of benzene rings is 2. The Kier molecular flexibility index (Phi) is 2.31. The second kappa shape index (κ2) is 4.13. The minimum atomic E-state index is 0.903. The third-order valence-electron chi connectivity index (χ3n) is 2.98. The van der Waals surface area contributed by atoms with Gasteiger partial charge in [-0.25, -0.2) is 4.68 Å². The average Bonchev–Trinajstić information content (AvgIpc) is 3.03. The van der Waals surface area contributed by atoms with E-state index in [0.29, 0.717) is 0 Å². The van der Waals surface area contributed by atoms with E-state index in [0.717, 1.165) is 21.7 Å². The van der Waals surface area contributed by atoms with Gasteiger partial charge >= 0.3 is 0 Å². The quantitative estimate of drug-likeness (QED) is 0.733. The molecule has 0 unspecified atom stereocenters. The van der Waals surface area contributed by atoms with Gasteiger partial charge < -0.3 is 5.32 Å². The fourth-order valence-electron chi connectivity index (χ4n) is 2.09. The van der Waals surface area contributed by atoms with E-state index in [-0.39, 0.29) is 0 Å². The lowest BCUT2D eigenvalue weighted by Gasteiger charge is -1.98. The molecule has 1 aliphatic heterocycles. The van der Waals surface area contributed by atoms with E-state index < -0.39 is 0 Å². The average molecular weight is 266 g/mol. The molecule has 1 N–H and O–H groups in total. The summed E-state index contributed by atoms with van der Waals surface area (Å²) in [5, 5.41) is 12.7. The molecule has 0 amide bonds. The highest BCUT2D eigenvalue weighted by molar-refractivity contribution is 8.03. The van der Waals surface area contributed by atoms with Gasteiger partial charge in [-0.15, -0.1) is 5.10 Å². The summed E-state index contributed by atoms with van der Waals surface area (Å²) < 4.78 is 1.80. The fourth-order valence-corrected chi connectivity index (χ4v) is 3.01. The van der Waals surface area contributed by atoms with Crippen molar-refractivity contribution in [2.24, 2.45) is 0 Å². The Balaban J connectivity index is 1.74. The van der Waals surface area contributed by atoms with Crippen molar-refractivity contribution in [1.82, 2.24) is 15.0 Å². The van der Waals surface area contributed by atoms with E-state index in [4.69, 9.17) is 0 Å². The maximum Gasteiger partial charge on any atom is 0.113 e. The Labute approximate surface area is 114 Å². The summed E-state index contributed by atoms with van der Waals surface area (Å²) in [5.41, 5.74) is 3.05. The number of nitrogens with zero attached hydrogens (tertiary/aromatic N) is 3. The predicted molar refractivity (Wildman–Crippen MR) is 77.7 cm³/mol. The normalized spacial score (nSPS) is 15.7. The SMILES string of the molecule is C(=C1Nc2ccccc2S1)n1nnc2ccccc21. The summed E-state index contributed by atoms with van der Waals surface area (Å²) >= 11 is 1.70. The van der Waals surface area contributed by atoms with Crippen LogP contribution in [0.25, 0.3) is 17.2 Å². The second-order valence-corrected chi connectivity index (χ2v) is 5.32. The lowest BCUT2D eigenvalue weighted by Crippen LogP contribution is -1.94. The van der Waals surface area contributed by atoms with Crippen molar-refractivity contribution in [3.8, 4) is 0 Å². The van der Waals surface area contributed by atoms with Crippen molar-refractivity contribution < 1.29 is 0 Å². The van der Waals surface area contributed by atoms with Crippen LogP contribution < -0.4 is 5.32 Å². The van der Waals surface area contributed by atoms with E-state index in [2.05, 4.69) is 27.8 Å². The van der Waals surface area contributed by atoms with Crippen molar-refractivity contribution in [2.75, 3.05) is 5.32 Å². The van der Waals surface area contributed by atoms with Crippen molar-refractivity contribution in [2.45, 2.75) is 4.90 Å². The van der Waals surface area contributed by atoms with E-state index in [1.165, 1.54) is 4.90 Å². The van der Waals surface area contributed by atoms with Crippen LogP contribution in [-0.2, 0) is 0 Å². The van der Waals surface area contributed by atoms with Crippen LogP contribution in [0.4, 0.5) is 5.69 Å². The highest BCUT2D eigenvalue weighted by Crippen LogP contribution is 2.40. The zero-order chi connectivity index (χ0) is 12.7. The number of fused-ring (bicyclic) bond motifs is 2. The number of para-hydroxylation sites is 2. The number of hydrogen-bond acceptors (Lipinski definition) is 4. The monoisotopic (exact) mass is 266 g/mol. The third-order valence-corrected chi connectivity index (χ3v) is 3.99. The first-order valence-electron chi connectivity index (χ1n) is 5.96. The summed E-state index contributed by atoms with van der Waals surface area (Å²) in [5.74, 6) is 0. The van der Waals surface area contributed by atoms with Crippen LogP contribution in [0, 0.1) is 0 Å². The molecule has 5 heteroatoms. The first-order chi connectivity index (χ1) is 9.40. The number of aromatic nitrogens is 3. The van der Waals surface area contributed by atoms with E-state index in [1.54, 1.807) is 16.4 Å². The first kappa shape index (κ1) is 10.6. The summed E-state index contributed by atoms with van der Waals surface area (Å²) in [4.78, 5) is 1.23. The highest BCUT2D eigenvalue weighted by Gasteiger charge is 2.15. The maximum atomic E-state index is 4.16. The molecule has 92 valence electrons. The van der Waals surface area contributed by atoms with E-state index >= 15 is 0 Å². The molecule has 0 saturated carbocycles. The Morgan fingerprint density at radius 1 is 1.05 bits per heavy atom. The summed E-state index contributed by atoms with van der Waals surface area (Å²) in [6.07, 6.45) is 1.97. The molecule has 4 rings (SSSR count). The molecule has 0 bridgehead atoms. The molecule has 1 aromatic heterocycles. The molecule has 1 aliphatic rings. The fraction of sp³-hybridized carbons (Fsp3) is 0. The Hall–Kier alpha value is -2.27. The van der Waals surface area contributed by atoms with Crippen LogP contribution in [-0.4, -0.2) is 15.0 Å². The molecule has 0 aliphatic carbocycles. The van der Waals surface area contributed by atoms with Crippen LogP contribution >= 0.6 is 11.8 Å². The summed E-state index contributed by atoms with van der Waals surface area (Å²) in [6, 6.07) is 16.2. The zero-order valence-corrected chi connectivity index (χ0v) is 10.8. The Morgan fingerprint density at radius 2 is 1.89 bits per heavy atom. The predicted octanol–water partition coefficient (Wildman–Crippen LogP) is 3.41. The summed E-state index contributed by atoms with van der Waals surface area (Å²) in [7, 11) is 0. The molecule has 0 spiro atoms. The molecule has 2 aromatic carbocycles. The molecule has 0 radical (unpaired) electrons. The molecule has 3 aromatic rings. The van der Waals surface area contributed by atoms with Gasteiger partial charge in [0.15, 0.2) is 0 Å². The van der Waals surface area contributed by atoms with E-state index in [1.807, 2.05) is 42.6 Å². The topological polar surface area (TPSA) is 42.7 Å². The van der Waals surface area contributed by atoms with Gasteiger partial charge in [0.1, 0.15) is 5.52 Å². The number of rotatable bonds is 1. The van der Waals surface area contributed by atoms with Gasteiger partial charge in [-0.05, 0) is 24.3 Å². The number of thioether (sulfide) groups is 1. The van der Waals surface area contributed by atoms with Gasteiger partial charge in [-0.3, -0.25) is 0 Å². The van der Waals surface area contributed by atoms with Crippen LogP contribution in [0.2, 0.25) is 0 Å². The second-order valence-electron chi connectivity index (χ2n) is 4.24. The third kappa shape index (κ3) is 1.79. The highest BCUT2D eigenvalue weighted by atomic mass is 32.2. The molecule has 19 heavy (non-hydrogen) atoms. The molecule has 2 heterocycles. The zero-order valence-electron chi connectivity index (χ0n) is 9.95. The smallest absolute Gasteiger partial charge is 0.113 e. The van der Waals surface area contributed by atoms with Crippen molar-refractivity contribution in [1.29, 1.82) is 0 Å². The van der Waals surface area contributed by atoms with E-state index in [9.17, 15) is 0 Å². The maximum absolute atomic E-state index is 4.16. The summed E-state index contributed by atoms with van der Waals surface area (Å²) in [6.45, 7) is 0. The molecule has 0 saturated heterocycles. The minimum Gasteiger partial charge on any atom is -0.348 e. The molecular weight excluding hydrogens is 256 g/mol. The minimum absolute atomic E-state index is 0.903. The van der Waals surface area contributed by atoms with Crippen molar-refractivity contribution >= 4 is 34.7 Å². The lowest BCUT2D eigenvalue weighted by molar-refractivity contribution is 0.860.